The Labute approximate surface area is 245 Å². The van der Waals surface area contributed by atoms with Crippen LogP contribution in [0.3, 0.4) is 0 Å². The predicted molar refractivity (Wildman–Crippen MR) is 158 cm³/mol. The van der Waals surface area contributed by atoms with Gasteiger partial charge in [-0.1, -0.05) is 12.1 Å². The quantitative estimate of drug-likeness (QED) is 0.379. The number of nitrogens with zero attached hydrogens (tertiary/aromatic N) is 5. The summed E-state index contributed by atoms with van der Waals surface area (Å²) >= 11 is 0. The van der Waals surface area contributed by atoms with Crippen molar-refractivity contribution in [3.8, 4) is 11.6 Å². The molecule has 226 valence electrons. The third-order valence-corrected chi connectivity index (χ3v) is 8.61. The normalized spacial score (nSPS) is 20.7. The summed E-state index contributed by atoms with van der Waals surface area (Å²) in [5.74, 6) is -0.839. The summed E-state index contributed by atoms with van der Waals surface area (Å²) in [7, 11) is 0. The molecular weight excluding hydrogens is 542 g/mol. The van der Waals surface area contributed by atoms with E-state index in [1.165, 1.54) is 19.9 Å². The number of fused-ring (bicyclic) bond motifs is 2. The van der Waals surface area contributed by atoms with Crippen molar-refractivity contribution < 1.29 is 23.0 Å². The Bertz CT molecular complexity index is 1470. The van der Waals surface area contributed by atoms with Crippen molar-refractivity contribution in [2.24, 2.45) is 5.92 Å². The van der Waals surface area contributed by atoms with Crippen molar-refractivity contribution in [2.75, 3.05) is 56.2 Å². The number of alkyl halides is 2. The molecule has 0 spiro atoms. The van der Waals surface area contributed by atoms with Crippen LogP contribution in [-0.2, 0) is 10.7 Å². The molecule has 0 bridgehead atoms. The Morgan fingerprint density at radius 1 is 1.07 bits per heavy atom. The van der Waals surface area contributed by atoms with E-state index in [9.17, 15) is 0 Å². The minimum atomic E-state index is -3.10. The van der Waals surface area contributed by atoms with Gasteiger partial charge in [0.05, 0.1) is 36.8 Å². The van der Waals surface area contributed by atoms with E-state index in [0.717, 1.165) is 37.3 Å². The minimum absolute atomic E-state index is 0.0921. The number of pyridine rings is 1. The molecule has 2 aromatic heterocycles. The van der Waals surface area contributed by atoms with Gasteiger partial charge in [0.25, 0.3) is 0 Å². The lowest BCUT2D eigenvalue weighted by molar-refractivity contribution is -0.127. The molecule has 2 fully saturated rings. The molecule has 0 saturated carbocycles. The van der Waals surface area contributed by atoms with Crippen LogP contribution in [0.4, 0.5) is 20.3 Å². The molecule has 0 unspecified atom stereocenters. The molecule has 0 amide bonds. The summed E-state index contributed by atoms with van der Waals surface area (Å²) in [6.07, 6.45) is 0. The number of piperazine rings is 1. The lowest BCUT2D eigenvalue weighted by Crippen LogP contribution is -2.49. The van der Waals surface area contributed by atoms with E-state index in [1.54, 1.807) is 6.07 Å². The van der Waals surface area contributed by atoms with Gasteiger partial charge in [-0.25, -0.2) is 9.97 Å². The fourth-order valence-corrected chi connectivity index (χ4v) is 5.82. The zero-order chi connectivity index (χ0) is 29.8. The van der Waals surface area contributed by atoms with Gasteiger partial charge >= 0.3 is 5.92 Å². The van der Waals surface area contributed by atoms with Crippen LogP contribution in [-0.4, -0.2) is 77.5 Å². The second kappa shape index (κ2) is 10.8. The van der Waals surface area contributed by atoms with Crippen molar-refractivity contribution in [2.45, 2.75) is 65.1 Å². The van der Waals surface area contributed by atoms with Gasteiger partial charge in [-0.15, -0.1) is 0 Å². The summed E-state index contributed by atoms with van der Waals surface area (Å²) in [5, 5.41) is 4.21. The first-order valence-corrected chi connectivity index (χ1v) is 14.8. The lowest BCUT2D eigenvalue weighted by Gasteiger charge is -2.38. The Hall–Kier alpha value is -3.31. The molecule has 1 N–H and O–H groups in total. The highest BCUT2D eigenvalue weighted by molar-refractivity contribution is 5.90. The maximum absolute atomic E-state index is 15.1. The van der Waals surface area contributed by atoms with Crippen molar-refractivity contribution in [3.63, 3.8) is 0 Å². The molecule has 5 heterocycles. The molecule has 0 radical (unpaired) electrons. The van der Waals surface area contributed by atoms with Gasteiger partial charge in [0.1, 0.15) is 23.1 Å². The highest BCUT2D eigenvalue weighted by Gasteiger charge is 2.57. The van der Waals surface area contributed by atoms with E-state index in [-0.39, 0.29) is 17.4 Å². The minimum Gasteiger partial charge on any atom is -0.480 e. The number of para-hydroxylation sites is 1. The monoisotopic (exact) mass is 582 g/mol. The average Bonchev–Trinajstić information content (AvgIpc) is 3.10. The average molecular weight is 583 g/mol. The van der Waals surface area contributed by atoms with E-state index in [4.69, 9.17) is 24.2 Å². The van der Waals surface area contributed by atoms with E-state index in [2.05, 4.69) is 40.0 Å². The van der Waals surface area contributed by atoms with E-state index in [0.29, 0.717) is 60.5 Å². The summed E-state index contributed by atoms with van der Waals surface area (Å²) < 4.78 is 47.7. The fourth-order valence-electron chi connectivity index (χ4n) is 5.82. The number of aryl methyl sites for hydroxylation is 1. The number of halogens is 2. The molecule has 11 heteroatoms. The lowest BCUT2D eigenvalue weighted by atomic mass is 9.94. The molecule has 0 aliphatic carbocycles. The Morgan fingerprint density at radius 3 is 2.48 bits per heavy atom. The van der Waals surface area contributed by atoms with Gasteiger partial charge in [0.2, 0.25) is 5.88 Å². The number of rotatable bonds is 8. The second-order valence-corrected chi connectivity index (χ2v) is 12.4. The first-order valence-electron chi connectivity index (χ1n) is 14.8. The topological polar surface area (TPSA) is 84.9 Å². The van der Waals surface area contributed by atoms with Crippen molar-refractivity contribution >= 4 is 22.5 Å². The number of benzene rings is 1. The number of ether oxygens (including phenoxy) is 3. The van der Waals surface area contributed by atoms with Crippen LogP contribution in [0.1, 0.15) is 57.6 Å². The number of aromatic nitrogens is 3. The van der Waals surface area contributed by atoms with E-state index < -0.39 is 11.5 Å². The van der Waals surface area contributed by atoms with Gasteiger partial charge in [0, 0.05) is 43.7 Å². The smallest absolute Gasteiger partial charge is 0.314 e. The largest absolute Gasteiger partial charge is 0.480 e. The second-order valence-electron chi connectivity index (χ2n) is 12.4. The van der Waals surface area contributed by atoms with Crippen LogP contribution in [0.2, 0.25) is 0 Å². The third-order valence-electron chi connectivity index (χ3n) is 8.61. The zero-order valence-electron chi connectivity index (χ0n) is 25.2. The molecule has 3 aliphatic heterocycles. The number of hydrogen-bond donors (Lipinski definition) is 1. The zero-order valence-corrected chi connectivity index (χ0v) is 25.2. The molecule has 42 heavy (non-hydrogen) atoms. The van der Waals surface area contributed by atoms with Crippen molar-refractivity contribution in [1.82, 2.24) is 19.9 Å². The molecule has 9 nitrogen and oxygen atoms in total. The summed E-state index contributed by atoms with van der Waals surface area (Å²) in [5.41, 5.74) is 0.334. The molecule has 1 atom stereocenters. The van der Waals surface area contributed by atoms with Crippen LogP contribution in [0.15, 0.2) is 24.3 Å². The SMILES string of the molecule is Cc1nc(N[C@H](C)c2cccc3c2OC(C)(C)C3(F)F)c2cc(N3CCN(C(C)C)CC3)c(OCC3COC3)nc2n1. The predicted octanol–water partition coefficient (Wildman–Crippen LogP) is 5.32. The molecule has 3 aliphatic rings. The standard InChI is InChI=1S/C31H40F2N6O3/c1-18(2)38-10-12-39(13-11-38)25-14-23-27(35-20(4)36-28(23)37-29(25)41-17-21-15-40-16-21)34-19(3)22-8-7-9-24-26(22)42-30(5,6)31(24,32)33/h7-9,14,18-19,21H,10-13,15-17H2,1-6H3,(H,34,35,36,37)/t19-/m1/s1. The molecular formula is C31H40F2N6O3. The summed E-state index contributed by atoms with van der Waals surface area (Å²) in [6, 6.07) is 7.07. The van der Waals surface area contributed by atoms with Crippen LogP contribution in [0, 0.1) is 12.8 Å². The molecule has 2 saturated heterocycles. The van der Waals surface area contributed by atoms with Gasteiger partial charge in [-0.05, 0) is 53.7 Å². The van der Waals surface area contributed by atoms with Crippen molar-refractivity contribution in [1.29, 1.82) is 0 Å². The van der Waals surface area contributed by atoms with Gasteiger partial charge in [-0.3, -0.25) is 4.90 Å². The number of hydrogen-bond acceptors (Lipinski definition) is 9. The Balaban J connectivity index is 1.35. The third kappa shape index (κ3) is 5.10. The van der Waals surface area contributed by atoms with Crippen LogP contribution in [0.25, 0.3) is 11.0 Å². The fraction of sp³-hybridized carbons (Fsp3) is 0.581. The van der Waals surface area contributed by atoms with Gasteiger partial charge in [0.15, 0.2) is 11.2 Å². The molecule has 6 rings (SSSR count). The van der Waals surface area contributed by atoms with Crippen LogP contribution >= 0.6 is 0 Å². The summed E-state index contributed by atoms with van der Waals surface area (Å²) in [6.45, 7) is 16.5. The maximum Gasteiger partial charge on any atom is 0.314 e. The first kappa shape index (κ1) is 28.8. The van der Waals surface area contributed by atoms with Gasteiger partial charge in [-0.2, -0.15) is 13.8 Å². The maximum atomic E-state index is 15.1. The summed E-state index contributed by atoms with van der Waals surface area (Å²) in [4.78, 5) is 19.0. The van der Waals surface area contributed by atoms with Gasteiger partial charge < -0.3 is 24.4 Å². The number of nitrogens with one attached hydrogen (secondary N) is 1. The molecule has 3 aromatic rings. The first-order chi connectivity index (χ1) is 19.9. The Morgan fingerprint density at radius 2 is 1.81 bits per heavy atom. The van der Waals surface area contributed by atoms with Crippen molar-refractivity contribution in [3.05, 3.63) is 41.2 Å². The number of anilines is 2. The highest BCUT2D eigenvalue weighted by Crippen LogP contribution is 2.53. The van der Waals surface area contributed by atoms with E-state index in [1.807, 2.05) is 19.9 Å². The van der Waals surface area contributed by atoms with Crippen LogP contribution in [0.5, 0.6) is 11.6 Å². The molecule has 1 aromatic carbocycles. The van der Waals surface area contributed by atoms with Crippen LogP contribution < -0.4 is 19.7 Å². The highest BCUT2D eigenvalue weighted by atomic mass is 19.3. The van der Waals surface area contributed by atoms with E-state index >= 15 is 8.78 Å². The Kier molecular flexibility index (Phi) is 7.37.